The van der Waals surface area contributed by atoms with Gasteiger partial charge in [0.2, 0.25) is 11.8 Å². The van der Waals surface area contributed by atoms with Crippen molar-refractivity contribution < 1.29 is 23.1 Å². The number of anilines is 1. The third-order valence-electron chi connectivity index (χ3n) is 3.66. The predicted octanol–water partition coefficient (Wildman–Crippen LogP) is 1.79. The van der Waals surface area contributed by atoms with Crippen LogP contribution in [0.25, 0.3) is 0 Å². The van der Waals surface area contributed by atoms with Crippen molar-refractivity contribution in [1.29, 1.82) is 0 Å². The molecular weight excluding hydrogens is 294 g/mol. The summed E-state index contributed by atoms with van der Waals surface area (Å²) in [6.45, 7) is 2.48. The van der Waals surface area contributed by atoms with E-state index in [1.165, 1.54) is 0 Å². The second kappa shape index (κ2) is 6.83. The average Bonchev–Trinajstić information content (AvgIpc) is 2.84. The molecule has 2 atom stereocenters. The number of carbonyl (C=O) groups excluding carboxylic acids is 2. The Bertz CT molecular complexity index is 580. The predicted molar refractivity (Wildman–Crippen MR) is 76.1 cm³/mol. The van der Waals surface area contributed by atoms with Crippen molar-refractivity contribution in [3.63, 3.8) is 0 Å². The van der Waals surface area contributed by atoms with Crippen LogP contribution < -0.4 is 5.32 Å². The standard InChI is InChI=1S/C15H18F2N2O3/c1-9(8-22-2)19-7-10(5-14(19)20)15(21)18-13-4-3-11(16)6-12(13)17/h3-4,6,9-10H,5,7-8H2,1-2H3,(H,18,21)/t9-,10-/m0/s1. The topological polar surface area (TPSA) is 58.6 Å². The molecule has 1 saturated heterocycles. The van der Waals surface area contributed by atoms with Gasteiger partial charge >= 0.3 is 0 Å². The van der Waals surface area contributed by atoms with Gasteiger partial charge in [0.25, 0.3) is 0 Å². The lowest BCUT2D eigenvalue weighted by Gasteiger charge is -2.23. The molecule has 7 heteroatoms. The number of nitrogens with one attached hydrogen (secondary N) is 1. The molecule has 1 aliphatic rings. The number of hydrogen-bond acceptors (Lipinski definition) is 3. The molecule has 1 aromatic carbocycles. The molecule has 1 fully saturated rings. The number of ether oxygens (including phenoxy) is 1. The van der Waals surface area contributed by atoms with E-state index < -0.39 is 23.5 Å². The summed E-state index contributed by atoms with van der Waals surface area (Å²) in [6, 6.07) is 2.79. The second-order valence-electron chi connectivity index (χ2n) is 5.36. The van der Waals surface area contributed by atoms with E-state index in [1.807, 2.05) is 6.92 Å². The molecule has 0 aromatic heterocycles. The van der Waals surface area contributed by atoms with E-state index in [9.17, 15) is 18.4 Å². The first-order valence-corrected chi connectivity index (χ1v) is 6.96. The molecule has 0 saturated carbocycles. The first-order chi connectivity index (χ1) is 10.4. The molecule has 0 bridgehead atoms. The Hall–Kier alpha value is -2.02. The maximum Gasteiger partial charge on any atom is 0.229 e. The van der Waals surface area contributed by atoms with Gasteiger partial charge in [0.15, 0.2) is 0 Å². The Morgan fingerprint density at radius 2 is 2.23 bits per heavy atom. The van der Waals surface area contributed by atoms with Crippen LogP contribution in [0, 0.1) is 17.6 Å². The molecule has 0 unspecified atom stereocenters. The summed E-state index contributed by atoms with van der Waals surface area (Å²) in [5.74, 6) is -2.71. The minimum Gasteiger partial charge on any atom is -0.383 e. The van der Waals surface area contributed by atoms with Crippen LogP contribution in [0.4, 0.5) is 14.5 Å². The highest BCUT2D eigenvalue weighted by atomic mass is 19.1. The minimum atomic E-state index is -0.845. The number of hydrogen-bond donors (Lipinski definition) is 1. The van der Waals surface area contributed by atoms with Crippen LogP contribution in [-0.4, -0.2) is 43.0 Å². The Morgan fingerprint density at radius 3 is 2.86 bits per heavy atom. The van der Waals surface area contributed by atoms with Gasteiger partial charge in [-0.25, -0.2) is 8.78 Å². The van der Waals surface area contributed by atoms with Crippen molar-refractivity contribution in [3.8, 4) is 0 Å². The molecule has 0 radical (unpaired) electrons. The molecule has 22 heavy (non-hydrogen) atoms. The van der Waals surface area contributed by atoms with Crippen LogP contribution in [0.3, 0.4) is 0 Å². The summed E-state index contributed by atoms with van der Waals surface area (Å²) >= 11 is 0. The number of amides is 2. The molecule has 0 aliphatic carbocycles. The molecule has 1 aromatic rings. The molecule has 1 N–H and O–H groups in total. The van der Waals surface area contributed by atoms with Gasteiger partial charge in [-0.2, -0.15) is 0 Å². The third kappa shape index (κ3) is 3.59. The van der Waals surface area contributed by atoms with Crippen LogP contribution in [0.15, 0.2) is 18.2 Å². The smallest absolute Gasteiger partial charge is 0.229 e. The highest BCUT2D eigenvalue weighted by Gasteiger charge is 2.36. The number of likely N-dealkylation sites (tertiary alicyclic amines) is 1. The molecule has 120 valence electrons. The van der Waals surface area contributed by atoms with E-state index in [0.29, 0.717) is 12.7 Å². The number of carbonyl (C=O) groups is 2. The van der Waals surface area contributed by atoms with Crippen molar-refractivity contribution in [2.24, 2.45) is 5.92 Å². The summed E-state index contributed by atoms with van der Waals surface area (Å²) in [7, 11) is 1.54. The van der Waals surface area contributed by atoms with Crippen molar-refractivity contribution in [1.82, 2.24) is 4.90 Å². The first kappa shape index (κ1) is 16.4. The van der Waals surface area contributed by atoms with Crippen molar-refractivity contribution in [2.45, 2.75) is 19.4 Å². The van der Waals surface area contributed by atoms with Crippen molar-refractivity contribution >= 4 is 17.5 Å². The van der Waals surface area contributed by atoms with Gasteiger partial charge in [0, 0.05) is 26.1 Å². The number of rotatable bonds is 5. The normalized spacial score (nSPS) is 19.4. The quantitative estimate of drug-likeness (QED) is 0.902. The highest BCUT2D eigenvalue weighted by molar-refractivity contribution is 5.97. The third-order valence-corrected chi connectivity index (χ3v) is 3.66. The number of methoxy groups -OCH3 is 1. The van der Waals surface area contributed by atoms with Crippen molar-refractivity contribution in [3.05, 3.63) is 29.8 Å². The maximum absolute atomic E-state index is 13.5. The van der Waals surface area contributed by atoms with Crippen LogP contribution in [0.2, 0.25) is 0 Å². The lowest BCUT2D eigenvalue weighted by atomic mass is 10.1. The molecule has 0 spiro atoms. The molecule has 2 rings (SSSR count). The fraction of sp³-hybridized carbons (Fsp3) is 0.467. The zero-order valence-electron chi connectivity index (χ0n) is 12.4. The zero-order valence-corrected chi connectivity index (χ0v) is 12.4. The monoisotopic (exact) mass is 312 g/mol. The summed E-state index contributed by atoms with van der Waals surface area (Å²) in [5, 5.41) is 2.40. The van der Waals surface area contributed by atoms with E-state index in [-0.39, 0.29) is 30.6 Å². The van der Waals surface area contributed by atoms with Crippen LogP contribution in [-0.2, 0) is 14.3 Å². The summed E-state index contributed by atoms with van der Waals surface area (Å²) < 4.78 is 31.4. The number of nitrogens with zero attached hydrogens (tertiary/aromatic N) is 1. The molecular formula is C15H18F2N2O3. The van der Waals surface area contributed by atoms with Crippen molar-refractivity contribution in [2.75, 3.05) is 25.6 Å². The average molecular weight is 312 g/mol. The summed E-state index contributed by atoms with van der Waals surface area (Å²) in [4.78, 5) is 25.7. The Balaban J connectivity index is 2.00. The van der Waals surface area contributed by atoms with Gasteiger partial charge in [0.05, 0.1) is 24.3 Å². The Morgan fingerprint density at radius 1 is 1.50 bits per heavy atom. The van der Waals surface area contributed by atoms with Crippen LogP contribution in [0.5, 0.6) is 0 Å². The lowest BCUT2D eigenvalue weighted by molar-refractivity contribution is -0.130. The van der Waals surface area contributed by atoms with E-state index in [4.69, 9.17) is 4.74 Å². The largest absolute Gasteiger partial charge is 0.383 e. The molecule has 5 nitrogen and oxygen atoms in total. The fourth-order valence-electron chi connectivity index (χ4n) is 2.49. The van der Waals surface area contributed by atoms with Gasteiger partial charge in [0.1, 0.15) is 11.6 Å². The minimum absolute atomic E-state index is 0.0721. The lowest BCUT2D eigenvalue weighted by Crippen LogP contribution is -2.38. The SMILES string of the molecule is COC[C@H](C)N1C[C@@H](C(=O)Nc2ccc(F)cc2F)CC1=O. The van der Waals surface area contributed by atoms with Gasteiger partial charge < -0.3 is 15.0 Å². The Kier molecular flexibility index (Phi) is 5.07. The number of halogens is 2. The van der Waals surface area contributed by atoms with E-state index in [2.05, 4.69) is 5.32 Å². The summed E-state index contributed by atoms with van der Waals surface area (Å²) in [6.07, 6.45) is 0.0721. The van der Waals surface area contributed by atoms with Crippen LogP contribution >= 0.6 is 0 Å². The maximum atomic E-state index is 13.5. The van der Waals surface area contributed by atoms with E-state index in [1.54, 1.807) is 12.0 Å². The Labute approximate surface area is 127 Å². The molecule has 1 heterocycles. The van der Waals surface area contributed by atoms with Crippen LogP contribution in [0.1, 0.15) is 13.3 Å². The van der Waals surface area contributed by atoms with E-state index in [0.717, 1.165) is 12.1 Å². The van der Waals surface area contributed by atoms with Gasteiger partial charge in [-0.05, 0) is 19.1 Å². The van der Waals surface area contributed by atoms with Gasteiger partial charge in [-0.3, -0.25) is 9.59 Å². The number of benzene rings is 1. The fourth-order valence-corrected chi connectivity index (χ4v) is 2.49. The highest BCUT2D eigenvalue weighted by Crippen LogP contribution is 2.23. The van der Waals surface area contributed by atoms with Gasteiger partial charge in [-0.1, -0.05) is 0 Å². The molecule has 2 amide bonds. The zero-order chi connectivity index (χ0) is 16.3. The summed E-state index contributed by atoms with van der Waals surface area (Å²) in [5.41, 5.74) is -0.0951. The van der Waals surface area contributed by atoms with Gasteiger partial charge in [-0.15, -0.1) is 0 Å². The second-order valence-corrected chi connectivity index (χ2v) is 5.36. The first-order valence-electron chi connectivity index (χ1n) is 6.96. The molecule has 1 aliphatic heterocycles. The van der Waals surface area contributed by atoms with E-state index >= 15 is 0 Å².